The van der Waals surface area contributed by atoms with Crippen LogP contribution in [0.4, 0.5) is 11.4 Å². The summed E-state index contributed by atoms with van der Waals surface area (Å²) in [5, 5.41) is 10.2. The molecule has 0 amide bonds. The first kappa shape index (κ1) is 18.7. The summed E-state index contributed by atoms with van der Waals surface area (Å²) in [5.74, 6) is 0. The average Bonchev–Trinajstić information content (AvgIpc) is 3.15. The van der Waals surface area contributed by atoms with Crippen LogP contribution in [0.1, 0.15) is 11.1 Å². The quantitative estimate of drug-likeness (QED) is 0.390. The van der Waals surface area contributed by atoms with Gasteiger partial charge in [-0.25, -0.2) is 0 Å². The molecule has 0 saturated carbocycles. The number of fused-ring (bicyclic) bond motifs is 2. The lowest BCUT2D eigenvalue weighted by molar-refractivity contribution is 0.818. The van der Waals surface area contributed by atoms with E-state index in [1.165, 1.54) is 15.6 Å². The van der Waals surface area contributed by atoms with Crippen molar-refractivity contribution in [2.45, 2.75) is 13.5 Å². The van der Waals surface area contributed by atoms with Crippen molar-refractivity contribution in [2.75, 3.05) is 12.4 Å². The Morgan fingerprint density at radius 1 is 1.00 bits per heavy atom. The Labute approximate surface area is 178 Å². The largest absolute Gasteiger partial charge is 0.354 e. The molecule has 3 heterocycles. The molecule has 0 atom stereocenters. The van der Waals surface area contributed by atoms with Crippen LogP contribution in [0.15, 0.2) is 66.6 Å². The fourth-order valence-electron chi connectivity index (χ4n) is 3.73. The molecule has 0 radical (unpaired) electrons. The zero-order chi connectivity index (χ0) is 20.5. The molecule has 0 unspecified atom stereocenters. The molecular formula is C24H21N5S. The molecule has 30 heavy (non-hydrogen) atoms. The van der Waals surface area contributed by atoms with E-state index >= 15 is 0 Å². The number of aromatic nitrogens is 3. The fourth-order valence-corrected chi connectivity index (χ4v) is 4.65. The summed E-state index contributed by atoms with van der Waals surface area (Å²) in [4.78, 5) is 13.5. The SMILES string of the molecule is CNCc1ccncc1Nc1cc(-c2ccc3scc(C)c3c2)c2nccnc2c1. The van der Waals surface area contributed by atoms with Crippen LogP contribution in [-0.4, -0.2) is 22.0 Å². The summed E-state index contributed by atoms with van der Waals surface area (Å²) in [7, 11) is 1.94. The molecule has 2 N–H and O–H groups in total. The molecule has 148 valence electrons. The Bertz CT molecular complexity index is 1360. The van der Waals surface area contributed by atoms with Crippen molar-refractivity contribution in [3.8, 4) is 11.1 Å². The van der Waals surface area contributed by atoms with Crippen LogP contribution in [0.5, 0.6) is 0 Å². The maximum absolute atomic E-state index is 4.63. The minimum Gasteiger partial charge on any atom is -0.354 e. The maximum Gasteiger partial charge on any atom is 0.0966 e. The van der Waals surface area contributed by atoms with E-state index in [2.05, 4.69) is 62.2 Å². The third kappa shape index (κ3) is 3.40. The van der Waals surface area contributed by atoms with Crippen molar-refractivity contribution in [3.05, 3.63) is 77.7 Å². The summed E-state index contributed by atoms with van der Waals surface area (Å²) < 4.78 is 1.30. The highest BCUT2D eigenvalue weighted by atomic mass is 32.1. The van der Waals surface area contributed by atoms with Crippen LogP contribution in [0.2, 0.25) is 0 Å². The lowest BCUT2D eigenvalue weighted by Crippen LogP contribution is -2.08. The first-order chi connectivity index (χ1) is 14.7. The van der Waals surface area contributed by atoms with Crippen molar-refractivity contribution in [3.63, 3.8) is 0 Å². The summed E-state index contributed by atoms with van der Waals surface area (Å²) >= 11 is 1.78. The third-order valence-corrected chi connectivity index (χ3v) is 6.29. The predicted octanol–water partition coefficient (Wildman–Crippen LogP) is 5.68. The molecule has 3 aromatic heterocycles. The molecule has 0 aliphatic rings. The Hall–Kier alpha value is -3.35. The molecule has 5 aromatic rings. The third-order valence-electron chi connectivity index (χ3n) is 5.21. The van der Waals surface area contributed by atoms with E-state index in [1.807, 2.05) is 31.6 Å². The van der Waals surface area contributed by atoms with Crippen molar-refractivity contribution in [1.82, 2.24) is 20.3 Å². The van der Waals surface area contributed by atoms with Gasteiger partial charge in [-0.15, -0.1) is 11.3 Å². The highest BCUT2D eigenvalue weighted by Crippen LogP contribution is 2.35. The second-order valence-electron chi connectivity index (χ2n) is 7.27. The first-order valence-corrected chi connectivity index (χ1v) is 10.7. The van der Waals surface area contributed by atoms with Gasteiger partial charge in [0.2, 0.25) is 0 Å². The molecule has 0 bridgehead atoms. The molecule has 0 aliphatic heterocycles. The number of anilines is 2. The molecule has 0 fully saturated rings. The van der Waals surface area contributed by atoms with Crippen molar-refractivity contribution in [1.29, 1.82) is 0 Å². The van der Waals surface area contributed by atoms with Crippen molar-refractivity contribution in [2.24, 2.45) is 0 Å². The second-order valence-corrected chi connectivity index (χ2v) is 8.18. The lowest BCUT2D eigenvalue weighted by atomic mass is 10.0. The maximum atomic E-state index is 4.63. The summed E-state index contributed by atoms with van der Waals surface area (Å²) in [6.07, 6.45) is 7.15. The van der Waals surface area contributed by atoms with Gasteiger partial charge >= 0.3 is 0 Å². The summed E-state index contributed by atoms with van der Waals surface area (Å²) in [6.45, 7) is 2.92. The smallest absolute Gasteiger partial charge is 0.0966 e. The standard InChI is InChI=1S/C24H21N5S/c1-15-14-30-23-4-3-16(9-19(15)23)20-10-18(11-21-24(20)28-8-7-27-21)29-22-13-26-6-5-17(22)12-25-2/h3-11,13-14,25,29H,12H2,1-2H3. The molecule has 5 nitrogen and oxygen atoms in total. The molecule has 0 aliphatic carbocycles. The van der Waals surface area contributed by atoms with E-state index in [-0.39, 0.29) is 0 Å². The van der Waals surface area contributed by atoms with E-state index in [0.717, 1.165) is 45.6 Å². The number of nitrogens with one attached hydrogen (secondary N) is 2. The number of hydrogen-bond donors (Lipinski definition) is 2. The Balaban J connectivity index is 1.65. The Kier molecular flexibility index (Phi) is 4.86. The number of rotatable bonds is 5. The highest BCUT2D eigenvalue weighted by molar-refractivity contribution is 7.17. The molecule has 0 saturated heterocycles. The number of hydrogen-bond acceptors (Lipinski definition) is 6. The van der Waals surface area contributed by atoms with E-state index in [9.17, 15) is 0 Å². The van der Waals surface area contributed by atoms with E-state index in [0.29, 0.717) is 0 Å². The zero-order valence-electron chi connectivity index (χ0n) is 16.8. The van der Waals surface area contributed by atoms with Crippen LogP contribution in [0.25, 0.3) is 32.2 Å². The summed E-state index contributed by atoms with van der Waals surface area (Å²) in [6, 6.07) is 12.8. The van der Waals surface area contributed by atoms with Gasteiger partial charge in [-0.1, -0.05) is 6.07 Å². The molecule has 6 heteroatoms. The number of benzene rings is 2. The van der Waals surface area contributed by atoms with Crippen molar-refractivity contribution >= 4 is 43.8 Å². The monoisotopic (exact) mass is 411 g/mol. The van der Waals surface area contributed by atoms with Gasteiger partial charge in [0.05, 0.1) is 22.9 Å². The highest BCUT2D eigenvalue weighted by Gasteiger charge is 2.12. The van der Waals surface area contributed by atoms with Gasteiger partial charge in [-0.05, 0) is 71.8 Å². The Morgan fingerprint density at radius 3 is 2.80 bits per heavy atom. The van der Waals surface area contributed by atoms with Crippen LogP contribution >= 0.6 is 11.3 Å². The van der Waals surface area contributed by atoms with Crippen LogP contribution in [-0.2, 0) is 6.54 Å². The van der Waals surface area contributed by atoms with Gasteiger partial charge in [0, 0.05) is 41.1 Å². The van der Waals surface area contributed by atoms with Gasteiger partial charge in [0.25, 0.3) is 0 Å². The van der Waals surface area contributed by atoms with Crippen LogP contribution in [0, 0.1) is 6.92 Å². The minimum absolute atomic E-state index is 0.763. The molecule has 2 aromatic carbocycles. The minimum atomic E-state index is 0.763. The fraction of sp³-hybridized carbons (Fsp3) is 0.125. The van der Waals surface area contributed by atoms with Gasteiger partial charge in [-0.3, -0.25) is 15.0 Å². The molecular weight excluding hydrogens is 390 g/mol. The number of pyridine rings is 1. The first-order valence-electron chi connectivity index (χ1n) is 9.80. The van der Waals surface area contributed by atoms with E-state index in [1.54, 1.807) is 23.7 Å². The number of nitrogens with zero attached hydrogens (tertiary/aromatic N) is 3. The van der Waals surface area contributed by atoms with Gasteiger partial charge in [0.1, 0.15) is 0 Å². The lowest BCUT2D eigenvalue weighted by Gasteiger charge is -2.14. The van der Waals surface area contributed by atoms with Crippen LogP contribution in [0.3, 0.4) is 0 Å². The number of thiophene rings is 1. The second kappa shape index (κ2) is 7.82. The normalized spacial score (nSPS) is 11.3. The van der Waals surface area contributed by atoms with Crippen molar-refractivity contribution < 1.29 is 0 Å². The van der Waals surface area contributed by atoms with Gasteiger partial charge in [0.15, 0.2) is 0 Å². The van der Waals surface area contributed by atoms with Gasteiger partial charge in [-0.2, -0.15) is 0 Å². The average molecular weight is 412 g/mol. The zero-order valence-corrected chi connectivity index (χ0v) is 17.6. The van der Waals surface area contributed by atoms with Crippen LogP contribution < -0.4 is 10.6 Å². The van der Waals surface area contributed by atoms with Gasteiger partial charge < -0.3 is 10.6 Å². The molecule has 0 spiro atoms. The Morgan fingerprint density at radius 2 is 1.90 bits per heavy atom. The molecule has 5 rings (SSSR count). The topological polar surface area (TPSA) is 62.7 Å². The summed E-state index contributed by atoms with van der Waals surface area (Å²) in [5.41, 5.74) is 8.36. The predicted molar refractivity (Wildman–Crippen MR) is 125 cm³/mol. The number of aryl methyl sites for hydroxylation is 1. The van der Waals surface area contributed by atoms with E-state index in [4.69, 9.17) is 0 Å². The van der Waals surface area contributed by atoms with E-state index < -0.39 is 0 Å².